The minimum absolute atomic E-state index is 0.0114. The van der Waals surface area contributed by atoms with Crippen molar-refractivity contribution in [1.29, 1.82) is 0 Å². The van der Waals surface area contributed by atoms with Crippen LogP contribution in [-0.4, -0.2) is 40.5 Å². The zero-order valence-electron chi connectivity index (χ0n) is 14.4. The van der Waals surface area contributed by atoms with E-state index < -0.39 is 5.54 Å². The highest BCUT2D eigenvalue weighted by molar-refractivity contribution is 7.10. The van der Waals surface area contributed by atoms with Gasteiger partial charge >= 0.3 is 6.03 Å². The van der Waals surface area contributed by atoms with Crippen LogP contribution in [0.3, 0.4) is 0 Å². The highest BCUT2D eigenvalue weighted by Gasteiger charge is 2.52. The van der Waals surface area contributed by atoms with Crippen LogP contribution in [0.4, 0.5) is 4.79 Å². The molecule has 0 aromatic carbocycles. The van der Waals surface area contributed by atoms with Gasteiger partial charge < -0.3 is 5.32 Å². The van der Waals surface area contributed by atoms with Gasteiger partial charge in [0.15, 0.2) is 0 Å². The Hall–Kier alpha value is -1.40. The lowest BCUT2D eigenvalue weighted by Gasteiger charge is -2.36. The molecular weight excluding hydrogens is 322 g/mol. The predicted molar refractivity (Wildman–Crippen MR) is 93.8 cm³/mol. The van der Waals surface area contributed by atoms with E-state index in [1.54, 1.807) is 11.3 Å². The molecule has 1 aromatic heterocycles. The lowest BCUT2D eigenvalue weighted by molar-refractivity contribution is -0.134. The van der Waals surface area contributed by atoms with Gasteiger partial charge in [0.1, 0.15) is 5.54 Å². The Morgan fingerprint density at radius 1 is 1.29 bits per heavy atom. The molecular formula is C18H25N3O2S. The molecule has 1 saturated heterocycles. The summed E-state index contributed by atoms with van der Waals surface area (Å²) in [6.07, 6.45) is 4.58. The van der Waals surface area contributed by atoms with Crippen molar-refractivity contribution in [1.82, 2.24) is 15.1 Å². The molecule has 0 radical (unpaired) electrons. The summed E-state index contributed by atoms with van der Waals surface area (Å²) in [5.41, 5.74) is 0.718. The van der Waals surface area contributed by atoms with Gasteiger partial charge in [0.05, 0.1) is 6.67 Å². The zero-order chi connectivity index (χ0) is 16.9. The first kappa shape index (κ1) is 16.1. The van der Waals surface area contributed by atoms with E-state index >= 15 is 0 Å². The molecule has 1 aromatic rings. The molecule has 2 aliphatic heterocycles. The summed E-state index contributed by atoms with van der Waals surface area (Å²) in [4.78, 5) is 30.6. The monoisotopic (exact) mass is 347 g/mol. The minimum atomic E-state index is -0.629. The summed E-state index contributed by atoms with van der Waals surface area (Å²) in [5.74, 6) is 0.635. The van der Waals surface area contributed by atoms with Crippen molar-refractivity contribution in [3.8, 4) is 0 Å². The standard InChI is InChI=1S/C18H25N3O2S/c1-12-3-7-18(8-4-12)16(22)21(17(23)19-18)11-20-9-5-15-14(13(20)2)6-10-24-15/h6,10,12-13H,3-5,7-9,11H2,1-2H3,(H,19,23). The number of carbonyl (C=O) groups is 2. The second kappa shape index (κ2) is 5.85. The van der Waals surface area contributed by atoms with Crippen LogP contribution in [0.1, 0.15) is 56.0 Å². The Morgan fingerprint density at radius 3 is 2.79 bits per heavy atom. The Balaban J connectivity index is 1.49. The average Bonchev–Trinajstić information content (AvgIpc) is 3.12. The van der Waals surface area contributed by atoms with Crippen molar-refractivity contribution in [3.05, 3.63) is 21.9 Å². The van der Waals surface area contributed by atoms with E-state index in [9.17, 15) is 9.59 Å². The lowest BCUT2D eigenvalue weighted by atomic mass is 9.77. The maximum atomic E-state index is 13.0. The number of fused-ring (bicyclic) bond motifs is 1. The molecule has 4 rings (SSSR count). The quantitative estimate of drug-likeness (QED) is 0.836. The van der Waals surface area contributed by atoms with Crippen LogP contribution in [0.5, 0.6) is 0 Å². The number of hydrogen-bond donors (Lipinski definition) is 1. The van der Waals surface area contributed by atoms with Gasteiger partial charge in [-0.15, -0.1) is 11.3 Å². The van der Waals surface area contributed by atoms with Crippen LogP contribution < -0.4 is 5.32 Å². The number of thiophene rings is 1. The van der Waals surface area contributed by atoms with E-state index in [4.69, 9.17) is 0 Å². The molecule has 130 valence electrons. The second-order valence-electron chi connectivity index (χ2n) is 7.61. The molecule has 6 heteroatoms. The summed E-state index contributed by atoms with van der Waals surface area (Å²) < 4.78 is 0. The highest BCUT2D eigenvalue weighted by Crippen LogP contribution is 2.38. The van der Waals surface area contributed by atoms with Gasteiger partial charge in [-0.1, -0.05) is 6.92 Å². The smallest absolute Gasteiger partial charge is 0.323 e. The number of hydrogen-bond acceptors (Lipinski definition) is 4. The topological polar surface area (TPSA) is 52.7 Å². The first-order valence-electron chi connectivity index (χ1n) is 8.94. The van der Waals surface area contributed by atoms with Gasteiger partial charge in [-0.05, 0) is 62.0 Å². The maximum absolute atomic E-state index is 13.0. The van der Waals surface area contributed by atoms with Gasteiger partial charge in [0, 0.05) is 17.5 Å². The first-order chi connectivity index (χ1) is 11.5. The van der Waals surface area contributed by atoms with Crippen LogP contribution in [0, 0.1) is 5.92 Å². The highest BCUT2D eigenvalue weighted by atomic mass is 32.1. The fourth-order valence-corrected chi connectivity index (χ4v) is 5.30. The molecule has 5 nitrogen and oxygen atoms in total. The fourth-order valence-electron chi connectivity index (χ4n) is 4.33. The Kier molecular flexibility index (Phi) is 3.92. The van der Waals surface area contributed by atoms with Gasteiger partial charge in [-0.3, -0.25) is 9.69 Å². The van der Waals surface area contributed by atoms with Crippen molar-refractivity contribution < 1.29 is 9.59 Å². The largest absolute Gasteiger partial charge is 0.326 e. The van der Waals surface area contributed by atoms with Crippen molar-refractivity contribution >= 4 is 23.3 Å². The van der Waals surface area contributed by atoms with E-state index in [0.29, 0.717) is 12.6 Å². The molecule has 1 atom stereocenters. The fraction of sp³-hybridized carbons (Fsp3) is 0.667. The van der Waals surface area contributed by atoms with Crippen molar-refractivity contribution in [2.24, 2.45) is 5.92 Å². The number of rotatable bonds is 2. The van der Waals surface area contributed by atoms with Gasteiger partial charge in [0.25, 0.3) is 5.91 Å². The molecule has 1 spiro atoms. The number of carbonyl (C=O) groups excluding carboxylic acids is 2. The maximum Gasteiger partial charge on any atom is 0.326 e. The minimum Gasteiger partial charge on any atom is -0.323 e. The van der Waals surface area contributed by atoms with Crippen molar-refractivity contribution in [3.63, 3.8) is 0 Å². The van der Waals surface area contributed by atoms with E-state index in [1.165, 1.54) is 15.3 Å². The third-order valence-corrected chi connectivity index (χ3v) is 7.10. The molecule has 3 heterocycles. The van der Waals surface area contributed by atoms with Gasteiger partial charge in [0.2, 0.25) is 0 Å². The average molecular weight is 347 g/mol. The SMILES string of the molecule is CC1CCC2(CC1)NC(=O)N(CN1CCc3sccc3C1C)C2=O. The zero-order valence-corrected chi connectivity index (χ0v) is 15.2. The predicted octanol–water partition coefficient (Wildman–Crippen LogP) is 3.13. The van der Waals surface area contributed by atoms with E-state index in [1.807, 2.05) is 0 Å². The van der Waals surface area contributed by atoms with E-state index in [0.717, 1.165) is 38.6 Å². The summed E-state index contributed by atoms with van der Waals surface area (Å²) in [5, 5.41) is 5.16. The molecule has 1 N–H and O–H groups in total. The molecule has 0 bridgehead atoms. The molecule has 24 heavy (non-hydrogen) atoms. The summed E-state index contributed by atoms with van der Waals surface area (Å²) in [6, 6.07) is 2.22. The number of nitrogens with zero attached hydrogens (tertiary/aromatic N) is 2. The molecule has 1 saturated carbocycles. The first-order valence-corrected chi connectivity index (χ1v) is 9.82. The third-order valence-electron chi connectivity index (χ3n) is 6.10. The van der Waals surface area contributed by atoms with Crippen LogP contribution in [0.15, 0.2) is 11.4 Å². The number of amides is 3. The van der Waals surface area contributed by atoms with Crippen LogP contribution >= 0.6 is 11.3 Å². The third kappa shape index (κ3) is 2.47. The number of imide groups is 1. The van der Waals surface area contributed by atoms with Gasteiger partial charge in [-0.2, -0.15) is 0 Å². The normalized spacial score (nSPS) is 33.8. The molecule has 3 amide bonds. The second-order valence-corrected chi connectivity index (χ2v) is 8.61. The molecule has 1 unspecified atom stereocenters. The Bertz CT molecular complexity index is 663. The van der Waals surface area contributed by atoms with Crippen LogP contribution in [0.2, 0.25) is 0 Å². The summed E-state index contributed by atoms with van der Waals surface area (Å²) in [6.45, 7) is 5.69. The van der Waals surface area contributed by atoms with E-state index in [-0.39, 0.29) is 18.0 Å². The number of urea groups is 1. The molecule has 3 aliphatic rings. The van der Waals surface area contributed by atoms with E-state index in [2.05, 4.69) is 35.5 Å². The lowest BCUT2D eigenvalue weighted by Crippen LogP contribution is -2.50. The van der Waals surface area contributed by atoms with Gasteiger partial charge in [-0.25, -0.2) is 9.69 Å². The Labute approximate surface area is 147 Å². The Morgan fingerprint density at radius 2 is 2.04 bits per heavy atom. The molecule has 2 fully saturated rings. The van der Waals surface area contributed by atoms with Crippen LogP contribution in [-0.2, 0) is 11.2 Å². The van der Waals surface area contributed by atoms with Crippen molar-refractivity contribution in [2.45, 2.75) is 57.5 Å². The summed E-state index contributed by atoms with van der Waals surface area (Å²) in [7, 11) is 0. The number of nitrogens with one attached hydrogen (secondary N) is 1. The summed E-state index contributed by atoms with van der Waals surface area (Å²) >= 11 is 1.81. The van der Waals surface area contributed by atoms with Crippen molar-refractivity contribution in [2.75, 3.05) is 13.2 Å². The molecule has 1 aliphatic carbocycles. The van der Waals surface area contributed by atoms with Crippen LogP contribution in [0.25, 0.3) is 0 Å².